The molecule has 0 aromatic rings. The van der Waals surface area contributed by atoms with E-state index >= 15 is 0 Å². The summed E-state index contributed by atoms with van der Waals surface area (Å²) in [4.78, 5) is 15.7. The summed E-state index contributed by atoms with van der Waals surface area (Å²) in [5, 5.41) is 12.8. The zero-order valence-corrected chi connectivity index (χ0v) is 31.8. The lowest BCUT2D eigenvalue weighted by Crippen LogP contribution is -2.63. The highest BCUT2D eigenvalue weighted by Crippen LogP contribution is 2.72. The quantitative estimate of drug-likeness (QED) is 0.214. The Morgan fingerprint density at radius 1 is 0.878 bits per heavy atom. The number of hydrogen-bond acceptors (Lipinski definition) is 8. The van der Waals surface area contributed by atoms with Crippen LogP contribution in [-0.4, -0.2) is 58.8 Å². The third kappa shape index (κ3) is 5.05. The van der Waals surface area contributed by atoms with Crippen LogP contribution in [0.2, 0.25) is 0 Å². The minimum absolute atomic E-state index is 0.0238. The second kappa shape index (κ2) is 12.8. The highest BCUT2D eigenvalue weighted by molar-refractivity contribution is 8.76. The molecule has 4 saturated carbocycles. The summed E-state index contributed by atoms with van der Waals surface area (Å²) < 4.78 is 18.6. The number of rotatable bonds is 1. The van der Waals surface area contributed by atoms with Crippen molar-refractivity contribution < 1.29 is 24.1 Å². The summed E-state index contributed by atoms with van der Waals surface area (Å²) in [6.07, 6.45) is 25.6. The Kier molecular flexibility index (Phi) is 8.81. The number of hydrogen-bond donors (Lipinski definition) is 1. The molecule has 0 amide bonds. The van der Waals surface area contributed by atoms with E-state index in [-0.39, 0.29) is 35.4 Å². The largest absolute Gasteiger partial charge is 0.492 e. The molecule has 0 aromatic heterocycles. The third-order valence-corrected chi connectivity index (χ3v) is 18.6. The van der Waals surface area contributed by atoms with Crippen LogP contribution in [0.1, 0.15) is 129 Å². The first kappa shape index (κ1) is 33.7. The molecule has 8 heteroatoms. The average Bonchev–Trinajstić information content (AvgIpc) is 3.91. The van der Waals surface area contributed by atoms with Crippen molar-refractivity contribution in [2.24, 2.45) is 39.9 Å². The number of aliphatic hydroxyl groups excluding tert-OH is 1. The van der Waals surface area contributed by atoms with Gasteiger partial charge in [0.1, 0.15) is 5.76 Å². The van der Waals surface area contributed by atoms with E-state index in [1.165, 1.54) is 95.6 Å². The molecular weight excluding hydrogens is 651 g/mol. The van der Waals surface area contributed by atoms with Crippen molar-refractivity contribution in [3.63, 3.8) is 0 Å². The van der Waals surface area contributed by atoms with Crippen LogP contribution in [0, 0.1) is 39.9 Å². The van der Waals surface area contributed by atoms with Gasteiger partial charge in [-0.3, -0.25) is 4.90 Å². The topological polar surface area (TPSA) is 68.2 Å². The van der Waals surface area contributed by atoms with Crippen molar-refractivity contribution in [2.45, 2.75) is 154 Å². The van der Waals surface area contributed by atoms with Gasteiger partial charge in [0.25, 0.3) is 0 Å². The van der Waals surface area contributed by atoms with Crippen molar-refractivity contribution in [2.75, 3.05) is 18.6 Å². The number of aliphatic hydroxyl groups is 1. The molecule has 3 saturated heterocycles. The molecule has 270 valence electrons. The van der Waals surface area contributed by atoms with E-state index < -0.39 is 0 Å². The Morgan fingerprint density at radius 3 is 2.41 bits per heavy atom. The number of cyclic esters (lactones) is 1. The maximum Gasteiger partial charge on any atom is 0.343 e. The molecule has 6 nitrogen and oxygen atoms in total. The molecule has 4 aliphatic carbocycles. The van der Waals surface area contributed by atoms with Gasteiger partial charge in [-0.2, -0.15) is 0 Å². The lowest BCUT2D eigenvalue weighted by atomic mass is 9.57. The summed E-state index contributed by atoms with van der Waals surface area (Å²) in [6, 6.07) is 0.864. The second-order valence-electron chi connectivity index (χ2n) is 17.8. The van der Waals surface area contributed by atoms with Crippen molar-refractivity contribution in [1.29, 1.82) is 0 Å². The van der Waals surface area contributed by atoms with Gasteiger partial charge in [-0.05, 0) is 106 Å². The maximum atomic E-state index is 12.8. The van der Waals surface area contributed by atoms with Gasteiger partial charge in [-0.1, -0.05) is 73.5 Å². The molecule has 3 spiro atoms. The van der Waals surface area contributed by atoms with Crippen molar-refractivity contribution in [1.82, 2.24) is 4.90 Å². The molecule has 0 bridgehead atoms. The lowest BCUT2D eigenvalue weighted by Gasteiger charge is -2.55. The van der Waals surface area contributed by atoms with Crippen molar-refractivity contribution in [3.8, 4) is 0 Å². The average molecular weight is 710 g/mol. The first-order chi connectivity index (χ1) is 23.8. The first-order valence-electron chi connectivity index (χ1n) is 20.1. The van der Waals surface area contributed by atoms with E-state index in [2.05, 4.69) is 39.5 Å². The predicted octanol–water partition coefficient (Wildman–Crippen LogP) is 9.30. The van der Waals surface area contributed by atoms with Gasteiger partial charge in [-0.15, -0.1) is 0 Å². The van der Waals surface area contributed by atoms with Gasteiger partial charge >= 0.3 is 5.97 Å². The van der Waals surface area contributed by atoms with Crippen LogP contribution >= 0.6 is 21.6 Å². The molecule has 1 N–H and O–H groups in total. The summed E-state index contributed by atoms with van der Waals surface area (Å²) in [7, 11) is 5.95. The molecule has 5 heterocycles. The van der Waals surface area contributed by atoms with E-state index in [0.29, 0.717) is 45.9 Å². The van der Waals surface area contributed by atoms with Crippen LogP contribution in [-0.2, 0) is 19.0 Å². The Labute approximate surface area is 302 Å². The molecule has 49 heavy (non-hydrogen) atoms. The molecule has 9 atom stereocenters. The number of ether oxygens (including phenoxy) is 3. The number of methoxy groups -OCH3 is 1. The fourth-order valence-corrected chi connectivity index (χ4v) is 16.9. The van der Waals surface area contributed by atoms with Gasteiger partial charge in [-0.25, -0.2) is 4.79 Å². The second-order valence-corrected chi connectivity index (χ2v) is 20.4. The number of carbonyl (C=O) groups is 1. The van der Waals surface area contributed by atoms with Crippen LogP contribution in [0.25, 0.3) is 0 Å². The fraction of sp³-hybridized carbons (Fsp3) is 0.829. The summed E-state index contributed by atoms with van der Waals surface area (Å²) in [5.41, 5.74) is 1.54. The van der Waals surface area contributed by atoms with Crippen molar-refractivity contribution in [3.05, 3.63) is 34.7 Å². The summed E-state index contributed by atoms with van der Waals surface area (Å²) >= 11 is 0. The van der Waals surface area contributed by atoms with Crippen LogP contribution < -0.4 is 0 Å². The van der Waals surface area contributed by atoms with Crippen LogP contribution in [0.5, 0.6) is 0 Å². The number of piperidine rings is 1. The minimum Gasteiger partial charge on any atom is -0.492 e. The van der Waals surface area contributed by atoms with Gasteiger partial charge in [0.15, 0.2) is 11.5 Å². The summed E-state index contributed by atoms with van der Waals surface area (Å²) in [6.45, 7) is 4.06. The molecule has 0 radical (unpaired) electrons. The van der Waals surface area contributed by atoms with Crippen molar-refractivity contribution >= 4 is 27.6 Å². The zero-order chi connectivity index (χ0) is 33.5. The van der Waals surface area contributed by atoms with E-state index in [1.54, 1.807) is 14.0 Å². The molecule has 5 aliphatic heterocycles. The van der Waals surface area contributed by atoms with Gasteiger partial charge in [0.05, 0.1) is 18.8 Å². The number of esters is 1. The normalized spacial score (nSPS) is 44.7. The highest BCUT2D eigenvalue weighted by Gasteiger charge is 2.64. The lowest BCUT2D eigenvalue weighted by molar-refractivity contribution is -0.133. The Bertz CT molecular complexity index is 1420. The SMILES string of the molecule is COC1=C(C)C(=O)OC1=C1OC2=CC3(CCCCC3)C3CSSCC4CCC5(CCCC56CCCC6)C4CC(O)C4CCCC(C2C1C)N43. The highest BCUT2D eigenvalue weighted by atomic mass is 33.1. The predicted molar refractivity (Wildman–Crippen MR) is 196 cm³/mol. The molecule has 9 aliphatic rings. The monoisotopic (exact) mass is 709 g/mol. The standard InChI is InChI=1S/C41H59NO5S2/c1-25-34-30-12-9-11-29-31(43)21-28-27(13-20-41(28)19-10-18-40(41)16-7-8-17-40)23-48-49-24-33(42(29)30)39(14-5-4-6-15-39)22-32(34)46-36(25)37-35(45-3)26(2)38(44)47-37/h22,25,27-31,33-34,43H,4-21,23-24H2,1-3H3. The Balaban J connectivity index is 1.12. The fourth-order valence-electron chi connectivity index (χ4n) is 14.0. The molecular formula is C41H59NO5S2. The number of nitrogens with zero attached hydrogens (tertiary/aromatic N) is 1. The Hall–Kier alpha value is -1.09. The summed E-state index contributed by atoms with van der Waals surface area (Å²) in [5.74, 6) is 6.49. The van der Waals surface area contributed by atoms with E-state index in [1.807, 2.05) is 0 Å². The Morgan fingerprint density at radius 2 is 1.61 bits per heavy atom. The van der Waals surface area contributed by atoms with Gasteiger partial charge in [0, 0.05) is 46.9 Å². The third-order valence-electron chi connectivity index (χ3n) is 16.1. The van der Waals surface area contributed by atoms with E-state index in [4.69, 9.17) is 14.2 Å². The van der Waals surface area contributed by atoms with E-state index in [0.717, 1.165) is 48.9 Å². The van der Waals surface area contributed by atoms with E-state index in [9.17, 15) is 9.90 Å². The van der Waals surface area contributed by atoms with Crippen LogP contribution in [0.3, 0.4) is 0 Å². The maximum absolute atomic E-state index is 12.8. The molecule has 7 fully saturated rings. The molecule has 9 unspecified atom stereocenters. The molecule has 9 rings (SSSR count). The van der Waals surface area contributed by atoms with Gasteiger partial charge in [0.2, 0.25) is 5.76 Å². The number of fused-ring (bicyclic) bond motifs is 6. The number of allylic oxidation sites excluding steroid dienone is 1. The first-order valence-corrected chi connectivity index (χ1v) is 22.6. The zero-order valence-electron chi connectivity index (χ0n) is 30.2. The minimum atomic E-state index is -0.341. The molecule has 0 aromatic carbocycles. The smallest absolute Gasteiger partial charge is 0.343 e. The van der Waals surface area contributed by atoms with Gasteiger partial charge < -0.3 is 19.3 Å². The number of carbonyl (C=O) groups excluding carboxylic acids is 1. The van der Waals surface area contributed by atoms with Crippen LogP contribution in [0.4, 0.5) is 0 Å². The van der Waals surface area contributed by atoms with Crippen LogP contribution in [0.15, 0.2) is 34.7 Å².